The first-order valence-electron chi connectivity index (χ1n) is 12.4. The Bertz CT molecular complexity index is 385. The lowest BCUT2D eigenvalue weighted by Crippen LogP contribution is -2.28. The van der Waals surface area contributed by atoms with Crippen LogP contribution in [0.25, 0.3) is 0 Å². The van der Waals surface area contributed by atoms with Crippen molar-refractivity contribution < 1.29 is 23.7 Å². The van der Waals surface area contributed by atoms with Gasteiger partial charge in [-0.05, 0) is 75.0 Å². The van der Waals surface area contributed by atoms with E-state index in [0.717, 1.165) is 78.2 Å². The van der Waals surface area contributed by atoms with Gasteiger partial charge in [-0.25, -0.2) is 0 Å². The average Bonchev–Trinajstić information content (AvgIpc) is 2.74. The summed E-state index contributed by atoms with van der Waals surface area (Å²) < 4.78 is 29.2. The van der Waals surface area contributed by atoms with Crippen LogP contribution in [0.3, 0.4) is 0 Å². The summed E-state index contributed by atoms with van der Waals surface area (Å²) >= 11 is 0. The van der Waals surface area contributed by atoms with E-state index in [1.54, 1.807) is 0 Å². The maximum Gasteiger partial charge on any atom is 0.157 e. The van der Waals surface area contributed by atoms with E-state index in [1.165, 1.54) is 32.1 Å². The van der Waals surface area contributed by atoms with Crippen LogP contribution in [0.2, 0.25) is 0 Å². The van der Waals surface area contributed by atoms with Gasteiger partial charge in [-0.1, -0.05) is 34.1 Å². The van der Waals surface area contributed by atoms with Crippen molar-refractivity contribution in [1.29, 1.82) is 0 Å². The van der Waals surface area contributed by atoms with E-state index in [-0.39, 0.29) is 23.4 Å². The fraction of sp³-hybridized carbons (Fsp3) is 1.00. The minimum absolute atomic E-state index is 0.0131. The summed E-state index contributed by atoms with van der Waals surface area (Å²) in [6.07, 6.45) is 12.6. The van der Waals surface area contributed by atoms with E-state index in [4.69, 9.17) is 23.7 Å². The first kappa shape index (κ1) is 26.1. The van der Waals surface area contributed by atoms with E-state index in [9.17, 15) is 0 Å². The molecule has 5 nitrogen and oxygen atoms in total. The lowest BCUT2D eigenvalue weighted by atomic mass is 9.88. The lowest BCUT2D eigenvalue weighted by Gasteiger charge is -2.29. The highest BCUT2D eigenvalue weighted by atomic mass is 16.7. The molecule has 0 radical (unpaired) electrons. The summed E-state index contributed by atoms with van der Waals surface area (Å²) in [6, 6.07) is 0. The van der Waals surface area contributed by atoms with Gasteiger partial charge in [0.1, 0.15) is 0 Å². The number of rotatable bonds is 15. The molecule has 0 amide bonds. The average molecular weight is 429 g/mol. The van der Waals surface area contributed by atoms with E-state index < -0.39 is 0 Å². The monoisotopic (exact) mass is 428 g/mol. The normalized spacial score (nSPS) is 23.6. The molecule has 2 rings (SSSR count). The third-order valence-corrected chi connectivity index (χ3v) is 6.13. The molecule has 2 saturated heterocycles. The molecule has 0 spiro atoms. The highest BCUT2D eigenvalue weighted by Gasteiger charge is 2.23. The Morgan fingerprint density at radius 2 is 1.17 bits per heavy atom. The summed E-state index contributed by atoms with van der Waals surface area (Å²) in [4.78, 5) is 0. The maximum absolute atomic E-state index is 5.98. The second-order valence-corrected chi connectivity index (χ2v) is 10.7. The van der Waals surface area contributed by atoms with Crippen molar-refractivity contribution in [1.82, 2.24) is 0 Å². The van der Waals surface area contributed by atoms with Crippen molar-refractivity contribution in [3.63, 3.8) is 0 Å². The van der Waals surface area contributed by atoms with Crippen LogP contribution < -0.4 is 0 Å². The SMILES string of the molecule is CC(C)(CCCCOCCCC(C)(C)COC1CCCCO1)COC1CCCCO1. The highest BCUT2D eigenvalue weighted by molar-refractivity contribution is 4.70. The van der Waals surface area contributed by atoms with Crippen molar-refractivity contribution >= 4 is 0 Å². The van der Waals surface area contributed by atoms with Crippen LogP contribution in [-0.4, -0.2) is 52.2 Å². The third kappa shape index (κ3) is 12.0. The zero-order valence-electron chi connectivity index (χ0n) is 20.2. The second-order valence-electron chi connectivity index (χ2n) is 10.7. The topological polar surface area (TPSA) is 46.2 Å². The molecule has 0 bridgehead atoms. The molecule has 2 fully saturated rings. The summed E-state index contributed by atoms with van der Waals surface area (Å²) in [7, 11) is 0. The first-order valence-corrected chi connectivity index (χ1v) is 12.4. The van der Waals surface area contributed by atoms with Gasteiger partial charge in [0.25, 0.3) is 0 Å². The fourth-order valence-electron chi connectivity index (χ4n) is 4.03. The Kier molecular flexibility index (Phi) is 12.2. The Balaban J connectivity index is 1.42. The molecule has 0 saturated carbocycles. The molecule has 30 heavy (non-hydrogen) atoms. The van der Waals surface area contributed by atoms with Gasteiger partial charge in [-0.3, -0.25) is 0 Å². The van der Waals surface area contributed by atoms with E-state index in [1.807, 2.05) is 0 Å². The van der Waals surface area contributed by atoms with Gasteiger partial charge in [0.15, 0.2) is 12.6 Å². The van der Waals surface area contributed by atoms with E-state index >= 15 is 0 Å². The number of ether oxygens (including phenoxy) is 5. The van der Waals surface area contributed by atoms with Gasteiger partial charge >= 0.3 is 0 Å². The highest BCUT2D eigenvalue weighted by Crippen LogP contribution is 2.27. The molecule has 178 valence electrons. The standard InChI is InChI=1S/C25H48O5/c1-24(2,20-29-22-12-5-8-18-27-22)14-7-10-16-26-17-11-15-25(3,4)21-30-23-13-6-9-19-28-23/h22-23H,5-21H2,1-4H3. The molecule has 0 aromatic rings. The maximum atomic E-state index is 5.98. The fourth-order valence-corrected chi connectivity index (χ4v) is 4.03. The van der Waals surface area contributed by atoms with E-state index in [0.29, 0.717) is 0 Å². The predicted octanol–water partition coefficient (Wildman–Crippen LogP) is 6.09. The van der Waals surface area contributed by atoms with Crippen molar-refractivity contribution in [2.24, 2.45) is 10.8 Å². The first-order chi connectivity index (χ1) is 14.4. The van der Waals surface area contributed by atoms with Crippen LogP contribution in [0, 0.1) is 10.8 Å². The summed E-state index contributed by atoms with van der Waals surface area (Å²) in [6.45, 7) is 14.1. The summed E-state index contributed by atoms with van der Waals surface area (Å²) in [5.74, 6) is 0. The Morgan fingerprint density at radius 1 is 0.667 bits per heavy atom. The molecule has 0 N–H and O–H groups in total. The molecule has 0 aromatic carbocycles. The molecule has 2 unspecified atom stereocenters. The predicted molar refractivity (Wildman–Crippen MR) is 121 cm³/mol. The van der Waals surface area contributed by atoms with Gasteiger partial charge in [0.2, 0.25) is 0 Å². The zero-order valence-corrected chi connectivity index (χ0v) is 20.2. The summed E-state index contributed by atoms with van der Waals surface area (Å²) in [5.41, 5.74) is 0.378. The van der Waals surface area contributed by atoms with Crippen LogP contribution in [-0.2, 0) is 23.7 Å². The molecule has 2 aliphatic heterocycles. The molecule has 0 aliphatic carbocycles. The van der Waals surface area contributed by atoms with Crippen molar-refractivity contribution in [2.75, 3.05) is 39.6 Å². The number of hydrogen-bond donors (Lipinski definition) is 0. The van der Waals surface area contributed by atoms with Gasteiger partial charge < -0.3 is 23.7 Å². The van der Waals surface area contributed by atoms with Gasteiger partial charge in [-0.2, -0.15) is 0 Å². The molecule has 5 heteroatoms. The van der Waals surface area contributed by atoms with Crippen LogP contribution in [0.5, 0.6) is 0 Å². The minimum atomic E-state index is 0.0131. The quantitative estimate of drug-likeness (QED) is 0.295. The largest absolute Gasteiger partial charge is 0.381 e. The smallest absolute Gasteiger partial charge is 0.157 e. The number of unbranched alkanes of at least 4 members (excludes halogenated alkanes) is 1. The molecule has 2 aliphatic rings. The Hall–Kier alpha value is -0.200. The summed E-state index contributed by atoms with van der Waals surface area (Å²) in [5, 5.41) is 0. The van der Waals surface area contributed by atoms with Gasteiger partial charge in [0.05, 0.1) is 13.2 Å². The van der Waals surface area contributed by atoms with Crippen molar-refractivity contribution in [2.45, 2.75) is 111 Å². The minimum Gasteiger partial charge on any atom is -0.381 e. The van der Waals surface area contributed by atoms with Crippen LogP contribution in [0.4, 0.5) is 0 Å². The molecule has 0 aromatic heterocycles. The molecular weight excluding hydrogens is 380 g/mol. The van der Waals surface area contributed by atoms with Crippen LogP contribution in [0.1, 0.15) is 98.3 Å². The van der Waals surface area contributed by atoms with E-state index in [2.05, 4.69) is 27.7 Å². The molecule has 2 atom stereocenters. The van der Waals surface area contributed by atoms with Crippen LogP contribution in [0.15, 0.2) is 0 Å². The second kappa shape index (κ2) is 14.1. The number of hydrogen-bond acceptors (Lipinski definition) is 5. The Morgan fingerprint density at radius 3 is 1.67 bits per heavy atom. The van der Waals surface area contributed by atoms with Crippen molar-refractivity contribution in [3.8, 4) is 0 Å². The van der Waals surface area contributed by atoms with Gasteiger partial charge in [0, 0.05) is 26.4 Å². The van der Waals surface area contributed by atoms with Gasteiger partial charge in [-0.15, -0.1) is 0 Å². The lowest BCUT2D eigenvalue weighted by molar-refractivity contribution is -0.177. The zero-order chi connectivity index (χ0) is 21.7. The van der Waals surface area contributed by atoms with Crippen LogP contribution >= 0.6 is 0 Å². The third-order valence-electron chi connectivity index (χ3n) is 6.13. The van der Waals surface area contributed by atoms with Crippen molar-refractivity contribution in [3.05, 3.63) is 0 Å². The Labute approximate surface area is 185 Å². The molecular formula is C25H48O5. The molecule has 2 heterocycles.